The number of nitrogens with one attached hydrogen (secondary N) is 1. The smallest absolute Gasteiger partial charge is 0.261 e. The van der Waals surface area contributed by atoms with Crippen molar-refractivity contribution < 1.29 is 9.59 Å². The molecule has 0 fully saturated rings. The number of fused-ring (bicyclic) bond motifs is 1. The van der Waals surface area contributed by atoms with Crippen molar-refractivity contribution in [3.8, 4) is 0 Å². The Labute approximate surface area is 111 Å². The van der Waals surface area contributed by atoms with E-state index >= 15 is 0 Å². The average molecular weight is 276 g/mol. The second-order valence-electron chi connectivity index (χ2n) is 3.81. The monoisotopic (exact) mass is 276 g/mol. The summed E-state index contributed by atoms with van der Waals surface area (Å²) in [5.74, 6) is -0.699. The van der Waals surface area contributed by atoms with Crippen molar-refractivity contribution >= 4 is 34.9 Å². The topological polar surface area (TPSA) is 59.1 Å². The molecule has 2 amide bonds. The summed E-state index contributed by atoms with van der Waals surface area (Å²) in [6.07, 6.45) is 0. The van der Waals surface area contributed by atoms with Crippen molar-refractivity contribution in [3.63, 3.8) is 0 Å². The molecule has 0 saturated heterocycles. The molecule has 0 saturated carbocycles. The summed E-state index contributed by atoms with van der Waals surface area (Å²) in [6.45, 7) is 1.81. The fraction of sp³-hybridized carbons (Fsp3) is 0.0833. The Hall–Kier alpha value is -1.66. The molecule has 0 bridgehead atoms. The van der Waals surface area contributed by atoms with E-state index in [1.165, 1.54) is 11.8 Å². The van der Waals surface area contributed by atoms with E-state index in [9.17, 15) is 9.59 Å². The predicted octanol–water partition coefficient (Wildman–Crippen LogP) is 2.49. The third kappa shape index (κ3) is 1.83. The fourth-order valence-corrected chi connectivity index (χ4v) is 3.64. The molecule has 3 rings (SSSR count). The summed E-state index contributed by atoms with van der Waals surface area (Å²) in [5, 5.41) is 4.86. The lowest BCUT2D eigenvalue weighted by Gasteiger charge is -2.04. The Morgan fingerprint density at radius 1 is 1.33 bits per heavy atom. The molecular weight excluding hydrogens is 268 g/mol. The second-order valence-corrected chi connectivity index (χ2v) is 6.05. The van der Waals surface area contributed by atoms with Gasteiger partial charge in [-0.3, -0.25) is 14.9 Å². The summed E-state index contributed by atoms with van der Waals surface area (Å²) >= 11 is 2.99. The summed E-state index contributed by atoms with van der Waals surface area (Å²) in [6, 6.07) is 5.54. The van der Waals surface area contributed by atoms with E-state index in [0.717, 1.165) is 9.90 Å². The van der Waals surface area contributed by atoms with Crippen molar-refractivity contribution in [2.75, 3.05) is 0 Å². The van der Waals surface area contributed by atoms with Crippen LogP contribution in [0.3, 0.4) is 0 Å². The molecular formula is C12H8N2O2S2. The number of amides is 2. The zero-order chi connectivity index (χ0) is 12.7. The quantitative estimate of drug-likeness (QED) is 0.856. The number of imide groups is 1. The minimum atomic E-state index is -0.360. The summed E-state index contributed by atoms with van der Waals surface area (Å²) in [7, 11) is 0. The van der Waals surface area contributed by atoms with Crippen LogP contribution in [0.25, 0.3) is 0 Å². The highest BCUT2D eigenvalue weighted by Gasteiger charge is 2.31. The van der Waals surface area contributed by atoms with Crippen molar-refractivity contribution in [3.05, 3.63) is 40.4 Å². The molecule has 2 aromatic rings. The maximum atomic E-state index is 11.8. The van der Waals surface area contributed by atoms with Gasteiger partial charge in [-0.2, -0.15) is 0 Å². The van der Waals surface area contributed by atoms with Crippen molar-refractivity contribution in [2.45, 2.75) is 16.2 Å². The highest BCUT2D eigenvalue weighted by atomic mass is 32.2. The van der Waals surface area contributed by atoms with E-state index in [1.54, 1.807) is 17.4 Å². The molecule has 0 aromatic carbocycles. The van der Waals surface area contributed by atoms with Gasteiger partial charge in [0.05, 0.1) is 15.3 Å². The Morgan fingerprint density at radius 3 is 2.89 bits per heavy atom. The van der Waals surface area contributed by atoms with E-state index in [1.807, 2.05) is 24.4 Å². The first kappa shape index (κ1) is 11.4. The first-order valence-corrected chi connectivity index (χ1v) is 6.93. The van der Waals surface area contributed by atoms with Crippen molar-refractivity contribution in [1.82, 2.24) is 10.3 Å². The number of pyridine rings is 1. The highest BCUT2D eigenvalue weighted by Crippen LogP contribution is 2.35. The van der Waals surface area contributed by atoms with Crippen LogP contribution >= 0.6 is 23.1 Å². The maximum absolute atomic E-state index is 11.8. The molecule has 0 aliphatic carbocycles. The van der Waals surface area contributed by atoms with Gasteiger partial charge >= 0.3 is 0 Å². The molecule has 90 valence electrons. The first-order valence-electron chi connectivity index (χ1n) is 5.24. The lowest BCUT2D eigenvalue weighted by atomic mass is 10.1. The number of thiophene rings is 1. The summed E-state index contributed by atoms with van der Waals surface area (Å²) in [4.78, 5) is 27.7. The Kier molecular flexibility index (Phi) is 2.68. The number of nitrogens with zero attached hydrogens (tertiary/aromatic N) is 1. The lowest BCUT2D eigenvalue weighted by molar-refractivity contribution is 0.0878. The minimum Gasteiger partial charge on any atom is -0.288 e. The Morgan fingerprint density at radius 2 is 2.17 bits per heavy atom. The standard InChI is InChI=1S/C12H8N2O2S2/c1-6-5-7-9(11(16)14-10(7)15)12(13-6)18-8-3-2-4-17-8/h2-5H,1H3,(H,14,15,16). The molecule has 18 heavy (non-hydrogen) atoms. The van der Waals surface area contributed by atoms with Crippen LogP contribution in [0.2, 0.25) is 0 Å². The molecule has 0 spiro atoms. The zero-order valence-electron chi connectivity index (χ0n) is 9.39. The third-order valence-electron chi connectivity index (χ3n) is 2.51. The summed E-state index contributed by atoms with van der Waals surface area (Å²) in [5.41, 5.74) is 1.55. The molecule has 1 N–H and O–H groups in total. The van der Waals surface area contributed by atoms with Crippen LogP contribution < -0.4 is 5.32 Å². The fourth-order valence-electron chi connectivity index (χ4n) is 1.77. The summed E-state index contributed by atoms with van der Waals surface area (Å²) < 4.78 is 1.04. The van der Waals surface area contributed by atoms with E-state index in [0.29, 0.717) is 16.2 Å². The zero-order valence-corrected chi connectivity index (χ0v) is 11.0. The molecule has 0 atom stereocenters. The Balaban J connectivity index is 2.12. The maximum Gasteiger partial charge on any atom is 0.261 e. The van der Waals surface area contributed by atoms with E-state index < -0.39 is 0 Å². The number of hydrogen-bond acceptors (Lipinski definition) is 5. The van der Waals surface area contributed by atoms with Crippen LogP contribution in [-0.2, 0) is 0 Å². The SMILES string of the molecule is Cc1cc2c(c(Sc3cccs3)n1)C(=O)NC2=O. The highest BCUT2D eigenvalue weighted by molar-refractivity contribution is 8.01. The Bertz CT molecular complexity index is 650. The number of carbonyl (C=O) groups is 2. The van der Waals surface area contributed by atoms with Gasteiger partial charge in [-0.15, -0.1) is 11.3 Å². The van der Waals surface area contributed by atoms with E-state index in [4.69, 9.17) is 0 Å². The van der Waals surface area contributed by atoms with Gasteiger partial charge in [0.1, 0.15) is 5.03 Å². The molecule has 2 aromatic heterocycles. The van der Waals surface area contributed by atoms with Gasteiger partial charge in [0.25, 0.3) is 11.8 Å². The van der Waals surface area contributed by atoms with E-state index in [2.05, 4.69) is 10.3 Å². The largest absolute Gasteiger partial charge is 0.288 e. The van der Waals surface area contributed by atoms with Crippen LogP contribution in [-0.4, -0.2) is 16.8 Å². The van der Waals surface area contributed by atoms with E-state index in [-0.39, 0.29) is 11.8 Å². The number of aryl methyl sites for hydroxylation is 1. The number of rotatable bonds is 2. The predicted molar refractivity (Wildman–Crippen MR) is 69.2 cm³/mol. The van der Waals surface area contributed by atoms with Gasteiger partial charge in [-0.05, 0) is 24.4 Å². The van der Waals surface area contributed by atoms with Crippen LogP contribution in [0.5, 0.6) is 0 Å². The molecule has 4 nitrogen and oxygen atoms in total. The number of hydrogen-bond donors (Lipinski definition) is 1. The van der Waals surface area contributed by atoms with Crippen molar-refractivity contribution in [1.29, 1.82) is 0 Å². The second kappa shape index (κ2) is 4.22. The van der Waals surface area contributed by atoms with Gasteiger partial charge in [-0.1, -0.05) is 17.8 Å². The van der Waals surface area contributed by atoms with Gasteiger partial charge in [0.2, 0.25) is 0 Å². The average Bonchev–Trinajstić information content (AvgIpc) is 2.88. The van der Waals surface area contributed by atoms with Crippen molar-refractivity contribution in [2.24, 2.45) is 0 Å². The van der Waals surface area contributed by atoms with Crippen LogP contribution in [0, 0.1) is 6.92 Å². The molecule has 1 aliphatic heterocycles. The third-order valence-corrected chi connectivity index (χ3v) is 4.53. The van der Waals surface area contributed by atoms with Crippen LogP contribution in [0.15, 0.2) is 32.8 Å². The molecule has 3 heterocycles. The number of carbonyl (C=O) groups excluding carboxylic acids is 2. The number of aromatic nitrogens is 1. The van der Waals surface area contributed by atoms with Gasteiger partial charge in [-0.25, -0.2) is 4.98 Å². The molecule has 0 radical (unpaired) electrons. The first-order chi connectivity index (χ1) is 8.65. The molecule has 0 unspecified atom stereocenters. The minimum absolute atomic E-state index is 0.339. The van der Waals surface area contributed by atoms with Crippen LogP contribution in [0.4, 0.5) is 0 Å². The normalized spacial score (nSPS) is 13.6. The van der Waals surface area contributed by atoms with Gasteiger partial charge < -0.3 is 0 Å². The van der Waals surface area contributed by atoms with Gasteiger partial charge in [0, 0.05) is 5.69 Å². The molecule has 1 aliphatic rings. The van der Waals surface area contributed by atoms with Gasteiger partial charge in [0.15, 0.2) is 0 Å². The van der Waals surface area contributed by atoms with Crippen LogP contribution in [0.1, 0.15) is 26.4 Å². The molecule has 6 heteroatoms. The lowest BCUT2D eigenvalue weighted by Crippen LogP contribution is -2.20.